The normalized spacial score (nSPS) is 18.7. The number of carbonyl (C=O) groups is 1. The van der Waals surface area contributed by atoms with Crippen molar-refractivity contribution in [2.75, 3.05) is 11.1 Å². The number of hydrogen-bond donors (Lipinski definition) is 3. The topological polar surface area (TPSA) is 114 Å². The average Bonchev–Trinajstić information content (AvgIpc) is 3.33. The summed E-state index contributed by atoms with van der Waals surface area (Å²) in [5.41, 5.74) is 8.10. The van der Waals surface area contributed by atoms with Crippen LogP contribution in [-0.4, -0.2) is 20.9 Å². The smallest absolute Gasteiger partial charge is 0.248 e. The number of nitrogens with one attached hydrogen (secondary N) is 2. The van der Waals surface area contributed by atoms with Gasteiger partial charge in [0.25, 0.3) is 0 Å². The van der Waals surface area contributed by atoms with Crippen molar-refractivity contribution in [3.63, 3.8) is 0 Å². The highest BCUT2D eigenvalue weighted by atomic mass is 16.2. The molecule has 26 heavy (non-hydrogen) atoms. The summed E-state index contributed by atoms with van der Waals surface area (Å²) < 4.78 is 0. The molecule has 1 fully saturated rings. The van der Waals surface area contributed by atoms with Crippen LogP contribution in [0, 0.1) is 18.8 Å². The molecule has 0 radical (unpaired) electrons. The lowest BCUT2D eigenvalue weighted by Crippen LogP contribution is -2.15. The molecule has 0 saturated heterocycles. The number of hydrogen-bond acceptors (Lipinski definition) is 5. The zero-order valence-electron chi connectivity index (χ0n) is 14.5. The molecule has 132 valence electrons. The minimum absolute atomic E-state index is 0.00274. The van der Waals surface area contributed by atoms with E-state index in [0.717, 1.165) is 22.9 Å². The van der Waals surface area contributed by atoms with Crippen LogP contribution in [0.1, 0.15) is 18.9 Å². The number of nitrogens with zero attached hydrogens (tertiary/aromatic N) is 2. The summed E-state index contributed by atoms with van der Waals surface area (Å²) in [5.74, 6) is 1.32. The number of anilines is 2. The fourth-order valence-corrected chi connectivity index (χ4v) is 3.11. The third kappa shape index (κ3) is 2.92. The van der Waals surface area contributed by atoms with Crippen molar-refractivity contribution in [1.29, 1.82) is 0 Å². The summed E-state index contributed by atoms with van der Waals surface area (Å²) >= 11 is 0. The maximum Gasteiger partial charge on any atom is 0.248 e. The Kier molecular flexibility index (Phi) is 3.72. The number of rotatable bonds is 3. The first-order chi connectivity index (χ1) is 12.4. The maximum absolute atomic E-state index is 12.1. The quantitative estimate of drug-likeness (QED) is 0.672. The summed E-state index contributed by atoms with van der Waals surface area (Å²) in [6, 6.07) is 5.14. The van der Waals surface area contributed by atoms with E-state index in [1.165, 1.54) is 6.07 Å². The zero-order valence-corrected chi connectivity index (χ0v) is 14.5. The van der Waals surface area contributed by atoms with Crippen LogP contribution in [0.2, 0.25) is 0 Å². The van der Waals surface area contributed by atoms with Crippen LogP contribution >= 0.6 is 0 Å². The monoisotopic (exact) mass is 349 g/mol. The predicted molar refractivity (Wildman–Crippen MR) is 101 cm³/mol. The Morgan fingerprint density at radius 2 is 2.12 bits per heavy atom. The number of nitrogen functional groups attached to an aromatic ring is 1. The third-order valence-corrected chi connectivity index (χ3v) is 4.85. The van der Waals surface area contributed by atoms with Crippen LogP contribution in [-0.2, 0) is 4.79 Å². The van der Waals surface area contributed by atoms with E-state index in [0.29, 0.717) is 28.6 Å². The van der Waals surface area contributed by atoms with Gasteiger partial charge in [-0.05, 0) is 42.3 Å². The molecule has 1 saturated carbocycles. The number of carbonyl (C=O) groups excluding carboxylic acids is 1. The van der Waals surface area contributed by atoms with Crippen molar-refractivity contribution in [2.24, 2.45) is 11.8 Å². The number of nitrogens with two attached hydrogens (primary N) is 1. The Balaban J connectivity index is 1.76. The van der Waals surface area contributed by atoms with Crippen molar-refractivity contribution in [3.05, 3.63) is 46.5 Å². The van der Waals surface area contributed by atoms with Gasteiger partial charge in [0.05, 0.1) is 5.69 Å². The van der Waals surface area contributed by atoms with Gasteiger partial charge in [-0.25, -0.2) is 9.97 Å². The molecular weight excluding hydrogens is 330 g/mol. The highest BCUT2D eigenvalue weighted by Gasteiger charge is 2.39. The van der Waals surface area contributed by atoms with Gasteiger partial charge in [0.2, 0.25) is 11.5 Å². The van der Waals surface area contributed by atoms with Crippen molar-refractivity contribution < 1.29 is 4.79 Å². The lowest BCUT2D eigenvalue weighted by molar-refractivity contribution is -0.117. The van der Waals surface area contributed by atoms with Crippen molar-refractivity contribution in [3.8, 4) is 11.3 Å². The number of H-pyrrole nitrogens is 1. The van der Waals surface area contributed by atoms with Gasteiger partial charge >= 0.3 is 0 Å². The van der Waals surface area contributed by atoms with Crippen molar-refractivity contribution in [2.45, 2.75) is 20.3 Å². The van der Waals surface area contributed by atoms with E-state index in [1.807, 2.05) is 13.0 Å². The van der Waals surface area contributed by atoms with E-state index in [-0.39, 0.29) is 17.4 Å². The molecule has 0 unspecified atom stereocenters. The van der Waals surface area contributed by atoms with Gasteiger partial charge < -0.3 is 16.0 Å². The first kappa shape index (κ1) is 16.3. The molecule has 3 heterocycles. The molecule has 0 aliphatic heterocycles. The molecule has 7 heteroatoms. The van der Waals surface area contributed by atoms with Gasteiger partial charge in [-0.2, -0.15) is 0 Å². The minimum atomic E-state index is -0.202. The second-order valence-electron chi connectivity index (χ2n) is 6.89. The van der Waals surface area contributed by atoms with Gasteiger partial charge in [0, 0.05) is 35.3 Å². The first-order valence-corrected chi connectivity index (χ1v) is 8.49. The molecule has 4 N–H and O–H groups in total. The summed E-state index contributed by atoms with van der Waals surface area (Å²) in [5, 5.41) is 4.37. The Labute approximate surface area is 149 Å². The molecule has 7 nitrogen and oxygen atoms in total. The molecule has 0 bridgehead atoms. The summed E-state index contributed by atoms with van der Waals surface area (Å²) in [7, 11) is 0. The number of aryl methyl sites for hydroxylation is 1. The maximum atomic E-state index is 12.1. The van der Waals surface area contributed by atoms with Crippen LogP contribution in [0.25, 0.3) is 22.0 Å². The standard InChI is InChI=1S/C19H19N5O2/c1-9-3-13(9)19(26)24-16-5-11-4-15(23-18(20)14(11)8-21-16)12-6-17(25)22-7-10(12)2/h4-9,13H,3H2,1-2H3,(H2,20,23)(H,22,25)(H,21,24,26)/t9-,13+/m0/s1. The fraction of sp³-hybridized carbons (Fsp3) is 0.263. The summed E-state index contributed by atoms with van der Waals surface area (Å²) in [6.45, 7) is 3.95. The van der Waals surface area contributed by atoms with Gasteiger partial charge in [-0.15, -0.1) is 0 Å². The number of pyridine rings is 3. The average molecular weight is 349 g/mol. The summed E-state index contributed by atoms with van der Waals surface area (Å²) in [6.07, 6.45) is 4.18. The van der Waals surface area contributed by atoms with Gasteiger partial charge in [0.15, 0.2) is 0 Å². The van der Waals surface area contributed by atoms with E-state index < -0.39 is 0 Å². The third-order valence-electron chi connectivity index (χ3n) is 4.85. The predicted octanol–water partition coefficient (Wildman–Crippen LogP) is 2.47. The Morgan fingerprint density at radius 1 is 1.35 bits per heavy atom. The largest absolute Gasteiger partial charge is 0.383 e. The highest BCUT2D eigenvalue weighted by Crippen LogP contribution is 2.38. The molecule has 1 aliphatic rings. The second kappa shape index (κ2) is 5.94. The molecule has 2 atom stereocenters. The fourth-order valence-electron chi connectivity index (χ4n) is 3.11. The van der Waals surface area contributed by atoms with Crippen LogP contribution in [0.3, 0.4) is 0 Å². The van der Waals surface area contributed by atoms with Gasteiger partial charge in [0.1, 0.15) is 11.6 Å². The van der Waals surface area contributed by atoms with E-state index in [2.05, 4.69) is 27.2 Å². The van der Waals surface area contributed by atoms with E-state index in [1.54, 1.807) is 18.5 Å². The number of fused-ring (bicyclic) bond motifs is 1. The highest BCUT2D eigenvalue weighted by molar-refractivity contribution is 5.98. The molecule has 1 amide bonds. The molecule has 1 aliphatic carbocycles. The van der Waals surface area contributed by atoms with Crippen LogP contribution in [0.15, 0.2) is 35.4 Å². The lowest BCUT2D eigenvalue weighted by atomic mass is 10.1. The number of amides is 1. The molecular formula is C19H19N5O2. The Morgan fingerprint density at radius 3 is 2.85 bits per heavy atom. The summed E-state index contributed by atoms with van der Waals surface area (Å²) in [4.78, 5) is 35.1. The lowest BCUT2D eigenvalue weighted by Gasteiger charge is -2.10. The van der Waals surface area contributed by atoms with Gasteiger partial charge in [-0.1, -0.05) is 6.92 Å². The van der Waals surface area contributed by atoms with E-state index in [9.17, 15) is 9.59 Å². The van der Waals surface area contributed by atoms with Crippen LogP contribution < -0.4 is 16.6 Å². The molecule has 4 rings (SSSR count). The SMILES string of the molecule is Cc1c[nH]c(=O)cc1-c1cc2cc(NC(=O)[C@@H]3C[C@@H]3C)ncc2c(N)n1. The number of aromatic nitrogens is 3. The van der Waals surface area contributed by atoms with Crippen molar-refractivity contribution in [1.82, 2.24) is 15.0 Å². The second-order valence-corrected chi connectivity index (χ2v) is 6.89. The molecule has 0 aromatic carbocycles. The van der Waals surface area contributed by atoms with Gasteiger partial charge in [-0.3, -0.25) is 9.59 Å². The Hall–Kier alpha value is -3.22. The van der Waals surface area contributed by atoms with E-state index in [4.69, 9.17) is 5.73 Å². The number of aromatic amines is 1. The molecule has 3 aromatic heterocycles. The van der Waals surface area contributed by atoms with Crippen LogP contribution in [0.5, 0.6) is 0 Å². The minimum Gasteiger partial charge on any atom is -0.383 e. The van der Waals surface area contributed by atoms with Crippen molar-refractivity contribution >= 4 is 28.3 Å². The molecule has 0 spiro atoms. The zero-order chi connectivity index (χ0) is 18.4. The van der Waals surface area contributed by atoms with E-state index >= 15 is 0 Å². The Bertz CT molecular complexity index is 1090. The van der Waals surface area contributed by atoms with Crippen LogP contribution in [0.4, 0.5) is 11.6 Å². The molecule has 3 aromatic rings. The first-order valence-electron chi connectivity index (χ1n) is 8.49.